The Morgan fingerprint density at radius 3 is 2.75 bits per heavy atom. The molecule has 8 nitrogen and oxygen atoms in total. The number of morpholine rings is 1. The third kappa shape index (κ3) is 4.16. The highest BCUT2D eigenvalue weighted by Gasteiger charge is 2.24. The minimum atomic E-state index is -0.507. The van der Waals surface area contributed by atoms with Crippen molar-refractivity contribution in [2.24, 2.45) is 0 Å². The van der Waals surface area contributed by atoms with Gasteiger partial charge in [0.2, 0.25) is 0 Å². The molecule has 1 saturated heterocycles. The molecule has 0 spiro atoms. The highest BCUT2D eigenvalue weighted by atomic mass is 32.1. The summed E-state index contributed by atoms with van der Waals surface area (Å²) in [6.07, 6.45) is 1.76. The standard InChI is InChI=1S/C19H25N3O5S/c1-25-15-7-6-14(22-8-10-26-11-9-22)17-16(15)20-18(28-17)21-19(24)27-13-4-2-12(23)3-5-13/h6-7,12-13,23H,2-5,8-11H2,1H3,(H,20,21,24)/t12-,13+. The quantitative estimate of drug-likeness (QED) is 0.805. The molecule has 1 aliphatic heterocycles. The smallest absolute Gasteiger partial charge is 0.413 e. The Bertz CT molecular complexity index is 828. The van der Waals surface area contributed by atoms with Crippen molar-refractivity contribution in [1.29, 1.82) is 0 Å². The summed E-state index contributed by atoms with van der Waals surface area (Å²) in [5, 5.41) is 12.8. The van der Waals surface area contributed by atoms with E-state index in [4.69, 9.17) is 14.2 Å². The first kappa shape index (κ1) is 19.2. The van der Waals surface area contributed by atoms with E-state index in [0.717, 1.165) is 29.0 Å². The molecule has 1 aromatic carbocycles. The molecule has 1 aromatic heterocycles. The number of thiazole rings is 1. The molecule has 2 aliphatic rings. The summed E-state index contributed by atoms with van der Waals surface area (Å²) in [4.78, 5) is 19.1. The number of fused-ring (bicyclic) bond motifs is 1. The Balaban J connectivity index is 1.52. The van der Waals surface area contributed by atoms with Crippen molar-refractivity contribution in [3.63, 3.8) is 0 Å². The molecule has 2 heterocycles. The van der Waals surface area contributed by atoms with E-state index in [0.29, 0.717) is 49.8 Å². The van der Waals surface area contributed by atoms with Crippen LogP contribution in [0, 0.1) is 0 Å². The van der Waals surface area contributed by atoms with Crippen LogP contribution in [0.25, 0.3) is 10.2 Å². The highest BCUT2D eigenvalue weighted by molar-refractivity contribution is 7.23. The number of hydrogen-bond donors (Lipinski definition) is 2. The number of benzene rings is 1. The first-order chi connectivity index (χ1) is 13.6. The number of rotatable bonds is 4. The van der Waals surface area contributed by atoms with Crippen LogP contribution in [0.2, 0.25) is 0 Å². The molecule has 2 aromatic rings. The van der Waals surface area contributed by atoms with Gasteiger partial charge in [0.05, 0.1) is 36.8 Å². The van der Waals surface area contributed by atoms with E-state index in [2.05, 4.69) is 15.2 Å². The molecule has 0 bridgehead atoms. The Labute approximate surface area is 167 Å². The number of anilines is 2. The minimum absolute atomic E-state index is 0.156. The fourth-order valence-electron chi connectivity index (χ4n) is 3.67. The first-order valence-corrected chi connectivity index (χ1v) is 10.4. The number of nitrogens with one attached hydrogen (secondary N) is 1. The van der Waals surface area contributed by atoms with Gasteiger partial charge in [0.15, 0.2) is 5.13 Å². The Morgan fingerprint density at radius 2 is 2.04 bits per heavy atom. The normalized spacial score (nSPS) is 22.9. The van der Waals surface area contributed by atoms with E-state index in [1.54, 1.807) is 7.11 Å². The molecule has 9 heteroatoms. The average Bonchev–Trinajstić information content (AvgIpc) is 3.13. The van der Waals surface area contributed by atoms with Gasteiger partial charge >= 0.3 is 6.09 Å². The van der Waals surface area contributed by atoms with E-state index < -0.39 is 6.09 Å². The zero-order valence-electron chi connectivity index (χ0n) is 15.8. The second-order valence-corrected chi connectivity index (χ2v) is 8.04. The fourth-order valence-corrected chi connectivity index (χ4v) is 4.68. The van der Waals surface area contributed by atoms with E-state index in [1.807, 2.05) is 12.1 Å². The van der Waals surface area contributed by atoms with Gasteiger partial charge in [-0.2, -0.15) is 0 Å². The predicted molar refractivity (Wildman–Crippen MR) is 108 cm³/mol. The van der Waals surface area contributed by atoms with Gasteiger partial charge < -0.3 is 24.2 Å². The molecular weight excluding hydrogens is 382 g/mol. The Morgan fingerprint density at radius 1 is 1.29 bits per heavy atom. The van der Waals surface area contributed by atoms with Crippen molar-refractivity contribution < 1.29 is 24.1 Å². The van der Waals surface area contributed by atoms with Crippen LogP contribution < -0.4 is 15.0 Å². The topological polar surface area (TPSA) is 93.2 Å². The molecule has 28 heavy (non-hydrogen) atoms. The fraction of sp³-hybridized carbons (Fsp3) is 0.579. The average molecular weight is 407 g/mol. The molecule has 0 unspecified atom stereocenters. The molecule has 1 saturated carbocycles. The summed E-state index contributed by atoms with van der Waals surface area (Å²) in [5.74, 6) is 0.672. The molecule has 1 aliphatic carbocycles. The van der Waals surface area contributed by atoms with Crippen molar-refractivity contribution in [3.05, 3.63) is 12.1 Å². The van der Waals surface area contributed by atoms with Crippen LogP contribution in [0.5, 0.6) is 5.75 Å². The highest BCUT2D eigenvalue weighted by Crippen LogP contribution is 2.39. The maximum Gasteiger partial charge on any atom is 0.413 e. The van der Waals surface area contributed by atoms with E-state index in [-0.39, 0.29) is 12.2 Å². The second-order valence-electron chi connectivity index (χ2n) is 7.04. The van der Waals surface area contributed by atoms with Crippen LogP contribution >= 0.6 is 11.3 Å². The number of amides is 1. The maximum absolute atomic E-state index is 12.3. The second kappa shape index (κ2) is 8.50. The molecule has 0 atom stereocenters. The third-order valence-corrected chi connectivity index (χ3v) is 6.18. The lowest BCUT2D eigenvalue weighted by atomic mass is 9.95. The summed E-state index contributed by atoms with van der Waals surface area (Å²) in [5.41, 5.74) is 1.80. The van der Waals surface area contributed by atoms with Crippen LogP contribution in [-0.2, 0) is 9.47 Å². The van der Waals surface area contributed by atoms with Crippen LogP contribution in [0.15, 0.2) is 12.1 Å². The Hall–Kier alpha value is -2.10. The maximum atomic E-state index is 12.3. The molecule has 2 N–H and O–H groups in total. The number of aromatic nitrogens is 1. The van der Waals surface area contributed by atoms with Crippen molar-refractivity contribution in [2.75, 3.05) is 43.6 Å². The molecular formula is C19H25N3O5S. The lowest BCUT2D eigenvalue weighted by molar-refractivity contribution is 0.0401. The number of aliphatic hydroxyl groups excluding tert-OH is 1. The van der Waals surface area contributed by atoms with Crippen molar-refractivity contribution in [3.8, 4) is 5.75 Å². The number of hydrogen-bond acceptors (Lipinski definition) is 8. The summed E-state index contributed by atoms with van der Waals surface area (Å²) in [7, 11) is 1.61. The molecule has 4 rings (SSSR count). The van der Waals surface area contributed by atoms with Crippen LogP contribution in [0.4, 0.5) is 15.6 Å². The van der Waals surface area contributed by atoms with Gasteiger partial charge in [-0.05, 0) is 37.8 Å². The number of methoxy groups -OCH3 is 1. The van der Waals surface area contributed by atoms with E-state index in [1.165, 1.54) is 11.3 Å². The Kier molecular flexibility index (Phi) is 5.84. The number of nitrogens with zero attached hydrogens (tertiary/aromatic N) is 2. The van der Waals surface area contributed by atoms with Gasteiger partial charge in [-0.15, -0.1) is 0 Å². The van der Waals surface area contributed by atoms with Crippen molar-refractivity contribution in [1.82, 2.24) is 4.98 Å². The lowest BCUT2D eigenvalue weighted by Crippen LogP contribution is -2.36. The minimum Gasteiger partial charge on any atom is -0.494 e. The van der Waals surface area contributed by atoms with Crippen LogP contribution in [0.1, 0.15) is 25.7 Å². The number of carbonyl (C=O) groups excluding carboxylic acids is 1. The van der Waals surface area contributed by atoms with Gasteiger partial charge in [-0.25, -0.2) is 9.78 Å². The first-order valence-electron chi connectivity index (χ1n) is 9.60. The number of aliphatic hydroxyl groups is 1. The van der Waals surface area contributed by atoms with Gasteiger partial charge in [-0.3, -0.25) is 5.32 Å². The van der Waals surface area contributed by atoms with Gasteiger partial charge in [0.25, 0.3) is 0 Å². The third-order valence-electron chi connectivity index (χ3n) is 5.18. The van der Waals surface area contributed by atoms with Gasteiger partial charge in [-0.1, -0.05) is 11.3 Å². The lowest BCUT2D eigenvalue weighted by Gasteiger charge is -2.29. The molecule has 2 fully saturated rings. The largest absolute Gasteiger partial charge is 0.494 e. The number of ether oxygens (including phenoxy) is 3. The van der Waals surface area contributed by atoms with E-state index >= 15 is 0 Å². The molecule has 152 valence electrons. The summed E-state index contributed by atoms with van der Waals surface area (Å²) < 4.78 is 17.4. The summed E-state index contributed by atoms with van der Waals surface area (Å²) in [6.45, 7) is 3.02. The van der Waals surface area contributed by atoms with Gasteiger partial charge in [0.1, 0.15) is 17.4 Å². The molecule has 1 amide bonds. The number of carbonyl (C=O) groups is 1. The monoisotopic (exact) mass is 407 g/mol. The van der Waals surface area contributed by atoms with Crippen LogP contribution in [0.3, 0.4) is 0 Å². The van der Waals surface area contributed by atoms with Crippen molar-refractivity contribution in [2.45, 2.75) is 37.9 Å². The van der Waals surface area contributed by atoms with Gasteiger partial charge in [0, 0.05) is 13.1 Å². The van der Waals surface area contributed by atoms with Crippen molar-refractivity contribution >= 4 is 38.5 Å². The van der Waals surface area contributed by atoms with E-state index in [9.17, 15) is 9.90 Å². The zero-order valence-corrected chi connectivity index (χ0v) is 16.7. The summed E-state index contributed by atoms with van der Waals surface area (Å²) >= 11 is 1.41. The van der Waals surface area contributed by atoms with Crippen LogP contribution in [-0.4, -0.2) is 61.8 Å². The predicted octanol–water partition coefficient (Wildman–Crippen LogP) is 2.99. The molecule has 0 radical (unpaired) electrons. The summed E-state index contributed by atoms with van der Waals surface area (Å²) in [6, 6.07) is 3.93. The zero-order chi connectivity index (χ0) is 19.5. The SMILES string of the molecule is COc1ccc(N2CCOCC2)c2sc(NC(=O)O[C@H]3CC[C@@H](O)CC3)nc12.